The number of benzene rings is 1. The smallest absolute Gasteiger partial charge is 0.303 e. The molecule has 1 saturated heterocycles. The van der Waals surface area contributed by atoms with Crippen LogP contribution in [-0.2, 0) is 20.6 Å². The summed E-state index contributed by atoms with van der Waals surface area (Å²) in [5.74, 6) is -1.02. The van der Waals surface area contributed by atoms with E-state index in [1.54, 1.807) is 12.1 Å². The van der Waals surface area contributed by atoms with Crippen molar-refractivity contribution in [3.63, 3.8) is 0 Å². The second-order valence-corrected chi connectivity index (χ2v) is 8.14. The van der Waals surface area contributed by atoms with Crippen molar-refractivity contribution in [3.05, 3.63) is 34.3 Å². The number of aliphatic carboxylic acids is 1. The SMILES string of the molecule is O=C(O)CC1CCCN(S(=O)(=O)Cc2ccccc2Br)C1. The van der Waals surface area contributed by atoms with E-state index in [2.05, 4.69) is 15.9 Å². The third kappa shape index (κ3) is 4.52. The fourth-order valence-corrected chi connectivity index (χ4v) is 4.88. The largest absolute Gasteiger partial charge is 0.481 e. The number of carboxylic acid groups (broad SMARTS) is 1. The Kier molecular flexibility index (Phi) is 5.40. The van der Waals surface area contributed by atoms with Crippen molar-refractivity contribution in [1.29, 1.82) is 0 Å². The van der Waals surface area contributed by atoms with Crippen LogP contribution in [0.15, 0.2) is 28.7 Å². The molecule has 0 aliphatic carbocycles. The van der Waals surface area contributed by atoms with E-state index < -0.39 is 16.0 Å². The molecule has 21 heavy (non-hydrogen) atoms. The lowest BCUT2D eigenvalue weighted by Gasteiger charge is -2.31. The van der Waals surface area contributed by atoms with Gasteiger partial charge in [0, 0.05) is 24.0 Å². The van der Waals surface area contributed by atoms with E-state index in [-0.39, 0.29) is 18.1 Å². The van der Waals surface area contributed by atoms with Gasteiger partial charge >= 0.3 is 5.97 Å². The molecule has 0 radical (unpaired) electrons. The minimum absolute atomic E-state index is 0.0288. The van der Waals surface area contributed by atoms with Gasteiger partial charge in [0.1, 0.15) is 0 Å². The molecule has 0 spiro atoms. The minimum atomic E-state index is -3.42. The molecule has 116 valence electrons. The van der Waals surface area contributed by atoms with Gasteiger partial charge in [-0.25, -0.2) is 12.7 Å². The zero-order chi connectivity index (χ0) is 15.5. The van der Waals surface area contributed by atoms with E-state index in [1.165, 1.54) is 4.31 Å². The first-order chi connectivity index (χ1) is 9.88. The van der Waals surface area contributed by atoms with Crippen LogP contribution in [0, 0.1) is 5.92 Å². The van der Waals surface area contributed by atoms with Gasteiger partial charge in [-0.2, -0.15) is 0 Å². The number of piperidine rings is 1. The van der Waals surface area contributed by atoms with Gasteiger partial charge in [-0.05, 0) is 30.4 Å². The Bertz CT molecular complexity index is 617. The highest BCUT2D eigenvalue weighted by Gasteiger charge is 2.30. The van der Waals surface area contributed by atoms with E-state index >= 15 is 0 Å². The zero-order valence-electron chi connectivity index (χ0n) is 11.5. The third-order valence-electron chi connectivity index (χ3n) is 3.63. The van der Waals surface area contributed by atoms with Crippen LogP contribution in [0.5, 0.6) is 0 Å². The molecule has 7 heteroatoms. The summed E-state index contributed by atoms with van der Waals surface area (Å²) in [6.07, 6.45) is 1.52. The molecule has 1 fully saturated rings. The molecule has 0 aromatic heterocycles. The molecular weight excluding hydrogens is 358 g/mol. The van der Waals surface area contributed by atoms with Crippen molar-refractivity contribution in [2.45, 2.75) is 25.0 Å². The summed E-state index contributed by atoms with van der Waals surface area (Å²) in [7, 11) is -3.42. The van der Waals surface area contributed by atoms with E-state index in [1.807, 2.05) is 12.1 Å². The number of nitrogens with zero attached hydrogens (tertiary/aromatic N) is 1. The minimum Gasteiger partial charge on any atom is -0.481 e. The highest BCUT2D eigenvalue weighted by molar-refractivity contribution is 9.10. The van der Waals surface area contributed by atoms with Crippen molar-refractivity contribution in [3.8, 4) is 0 Å². The van der Waals surface area contributed by atoms with Gasteiger partial charge < -0.3 is 5.11 Å². The first-order valence-electron chi connectivity index (χ1n) is 6.81. The molecule has 1 aromatic carbocycles. The first kappa shape index (κ1) is 16.5. The van der Waals surface area contributed by atoms with Crippen LogP contribution >= 0.6 is 15.9 Å². The summed E-state index contributed by atoms with van der Waals surface area (Å²) in [6, 6.07) is 7.23. The Balaban J connectivity index is 2.08. The number of sulfonamides is 1. The number of carboxylic acids is 1. The molecule has 0 saturated carbocycles. The Labute approximate surface area is 133 Å². The van der Waals surface area contributed by atoms with Crippen LogP contribution in [0.25, 0.3) is 0 Å². The lowest BCUT2D eigenvalue weighted by atomic mass is 9.96. The lowest BCUT2D eigenvalue weighted by Crippen LogP contribution is -2.41. The van der Waals surface area contributed by atoms with Crippen molar-refractivity contribution in [2.24, 2.45) is 5.92 Å². The summed E-state index contributed by atoms with van der Waals surface area (Å²) < 4.78 is 27.2. The normalized spacial score (nSPS) is 20.3. The fraction of sp³-hybridized carbons (Fsp3) is 0.500. The number of hydrogen-bond acceptors (Lipinski definition) is 3. The van der Waals surface area contributed by atoms with Crippen LogP contribution in [0.1, 0.15) is 24.8 Å². The van der Waals surface area contributed by atoms with Crippen molar-refractivity contribution < 1.29 is 18.3 Å². The predicted molar refractivity (Wildman–Crippen MR) is 83.3 cm³/mol. The molecule has 0 bridgehead atoms. The molecule has 1 aliphatic rings. The monoisotopic (exact) mass is 375 g/mol. The van der Waals surface area contributed by atoms with Crippen molar-refractivity contribution >= 4 is 31.9 Å². The quantitative estimate of drug-likeness (QED) is 0.857. The van der Waals surface area contributed by atoms with E-state index in [0.29, 0.717) is 19.5 Å². The Morgan fingerprint density at radius 1 is 1.38 bits per heavy atom. The summed E-state index contributed by atoms with van der Waals surface area (Å²) in [6.45, 7) is 0.780. The maximum absolute atomic E-state index is 12.5. The topological polar surface area (TPSA) is 74.7 Å². The van der Waals surface area contributed by atoms with Gasteiger partial charge in [0.15, 0.2) is 0 Å². The number of halogens is 1. The summed E-state index contributed by atoms with van der Waals surface area (Å²) in [5, 5.41) is 8.85. The van der Waals surface area contributed by atoms with Gasteiger partial charge in [-0.1, -0.05) is 34.1 Å². The Morgan fingerprint density at radius 3 is 2.76 bits per heavy atom. The summed E-state index contributed by atoms with van der Waals surface area (Å²) >= 11 is 3.36. The average molecular weight is 376 g/mol. The van der Waals surface area contributed by atoms with Crippen LogP contribution in [0.3, 0.4) is 0 Å². The van der Waals surface area contributed by atoms with Crippen LogP contribution in [0.2, 0.25) is 0 Å². The van der Waals surface area contributed by atoms with Gasteiger partial charge in [-0.3, -0.25) is 4.79 Å². The molecule has 1 N–H and O–H groups in total. The van der Waals surface area contributed by atoms with E-state index in [0.717, 1.165) is 16.5 Å². The highest BCUT2D eigenvalue weighted by Crippen LogP contribution is 2.25. The van der Waals surface area contributed by atoms with Crippen LogP contribution < -0.4 is 0 Å². The molecule has 5 nitrogen and oxygen atoms in total. The zero-order valence-corrected chi connectivity index (χ0v) is 13.9. The Morgan fingerprint density at radius 2 is 2.10 bits per heavy atom. The molecule has 1 heterocycles. The van der Waals surface area contributed by atoms with Gasteiger partial charge in [0.25, 0.3) is 0 Å². The second-order valence-electron chi connectivity index (χ2n) is 5.31. The maximum atomic E-state index is 12.5. The predicted octanol–water partition coefficient (Wildman–Crippen LogP) is 2.47. The van der Waals surface area contributed by atoms with Gasteiger partial charge in [0.05, 0.1) is 5.75 Å². The lowest BCUT2D eigenvalue weighted by molar-refractivity contribution is -0.138. The van der Waals surface area contributed by atoms with Crippen LogP contribution in [-0.4, -0.2) is 36.9 Å². The van der Waals surface area contributed by atoms with Gasteiger partial charge in [-0.15, -0.1) is 0 Å². The van der Waals surface area contributed by atoms with Gasteiger partial charge in [0.2, 0.25) is 10.0 Å². The van der Waals surface area contributed by atoms with Crippen molar-refractivity contribution in [1.82, 2.24) is 4.31 Å². The molecule has 1 aromatic rings. The van der Waals surface area contributed by atoms with E-state index in [4.69, 9.17) is 5.11 Å². The average Bonchev–Trinajstić information content (AvgIpc) is 2.41. The molecule has 1 unspecified atom stereocenters. The second kappa shape index (κ2) is 6.89. The number of carbonyl (C=O) groups is 1. The molecule has 1 aliphatic heterocycles. The molecular formula is C14H18BrNO4S. The molecule has 2 rings (SSSR count). The van der Waals surface area contributed by atoms with Crippen molar-refractivity contribution in [2.75, 3.05) is 13.1 Å². The summed E-state index contributed by atoms with van der Waals surface area (Å²) in [5.41, 5.74) is 0.720. The van der Waals surface area contributed by atoms with Crippen LogP contribution in [0.4, 0.5) is 0 Å². The molecule has 0 amide bonds. The van der Waals surface area contributed by atoms with E-state index in [9.17, 15) is 13.2 Å². The maximum Gasteiger partial charge on any atom is 0.303 e. The third-order valence-corrected chi connectivity index (χ3v) is 6.20. The number of rotatable bonds is 5. The Hall–Kier alpha value is -0.920. The standard InChI is InChI=1S/C14H18BrNO4S/c15-13-6-2-1-5-12(13)10-21(19,20)16-7-3-4-11(9-16)8-14(17)18/h1-2,5-6,11H,3-4,7-10H2,(H,17,18). The fourth-order valence-electron chi connectivity index (χ4n) is 2.60. The molecule has 1 atom stereocenters. The number of hydrogen-bond donors (Lipinski definition) is 1. The highest BCUT2D eigenvalue weighted by atomic mass is 79.9. The summed E-state index contributed by atoms with van der Waals surface area (Å²) in [4.78, 5) is 10.8. The first-order valence-corrected chi connectivity index (χ1v) is 9.22.